The lowest BCUT2D eigenvalue weighted by Crippen LogP contribution is -2.34. The smallest absolute Gasteiger partial charge is 0.253 e. The Morgan fingerprint density at radius 1 is 0.957 bits per heavy atom. The van der Waals surface area contributed by atoms with E-state index in [9.17, 15) is 4.79 Å². The number of benzene rings is 2. The number of ether oxygens (including phenoxy) is 1. The van der Waals surface area contributed by atoms with Crippen molar-refractivity contribution in [1.82, 2.24) is 5.32 Å². The summed E-state index contributed by atoms with van der Waals surface area (Å²) in [4.78, 5) is 12.5. The quantitative estimate of drug-likeness (QED) is 0.841. The fourth-order valence-corrected chi connectivity index (χ4v) is 2.76. The molecule has 0 unspecified atom stereocenters. The van der Waals surface area contributed by atoms with E-state index in [1.54, 1.807) is 7.11 Å². The van der Waals surface area contributed by atoms with Gasteiger partial charge in [0.2, 0.25) is 0 Å². The van der Waals surface area contributed by atoms with Gasteiger partial charge in [-0.2, -0.15) is 0 Å². The third-order valence-electron chi connectivity index (χ3n) is 4.10. The number of methoxy groups -OCH3 is 1. The number of hydrogen-bond donors (Lipinski definition) is 1. The molecule has 23 heavy (non-hydrogen) atoms. The lowest BCUT2D eigenvalue weighted by molar-refractivity contribution is -0.131. The van der Waals surface area contributed by atoms with Crippen LogP contribution in [0.3, 0.4) is 0 Å². The summed E-state index contributed by atoms with van der Waals surface area (Å²) in [6, 6.07) is 19.9. The first kappa shape index (κ1) is 17.2. The lowest BCUT2D eigenvalue weighted by Gasteiger charge is -2.23. The number of amides is 1. The van der Waals surface area contributed by atoms with Gasteiger partial charge in [-0.25, -0.2) is 0 Å². The molecule has 0 fully saturated rings. The molecule has 2 aromatic rings. The van der Waals surface area contributed by atoms with E-state index in [4.69, 9.17) is 4.74 Å². The van der Waals surface area contributed by atoms with Crippen molar-refractivity contribution < 1.29 is 9.53 Å². The summed E-state index contributed by atoms with van der Waals surface area (Å²) in [5.74, 6) is 0.629. The van der Waals surface area contributed by atoms with Crippen LogP contribution < -0.4 is 5.32 Å². The van der Waals surface area contributed by atoms with Gasteiger partial charge < -0.3 is 10.1 Å². The predicted octanol–water partition coefficient (Wildman–Crippen LogP) is 3.93. The minimum absolute atomic E-state index is 0.0970. The summed E-state index contributed by atoms with van der Waals surface area (Å²) in [5, 5.41) is 3.05. The maximum atomic E-state index is 12.5. The van der Waals surface area contributed by atoms with Gasteiger partial charge in [0.15, 0.2) is 6.10 Å². The molecule has 2 aromatic carbocycles. The Labute approximate surface area is 138 Å². The highest BCUT2D eigenvalue weighted by atomic mass is 16.5. The summed E-state index contributed by atoms with van der Waals surface area (Å²) in [7, 11) is 1.56. The number of carbonyl (C=O) groups excluding carboxylic acids is 1. The molecule has 0 saturated carbocycles. The van der Waals surface area contributed by atoms with Gasteiger partial charge in [0.25, 0.3) is 5.91 Å². The van der Waals surface area contributed by atoms with Crippen LogP contribution in [-0.4, -0.2) is 19.6 Å². The maximum absolute atomic E-state index is 12.5. The summed E-state index contributed by atoms with van der Waals surface area (Å²) in [5.41, 5.74) is 2.12. The summed E-state index contributed by atoms with van der Waals surface area (Å²) in [6.07, 6.45) is -0.570. The zero-order valence-corrected chi connectivity index (χ0v) is 14.0. The van der Waals surface area contributed by atoms with Crippen molar-refractivity contribution in [3.05, 3.63) is 71.8 Å². The van der Waals surface area contributed by atoms with Gasteiger partial charge in [-0.15, -0.1) is 0 Å². The Kier molecular flexibility index (Phi) is 6.36. The molecular formula is C20H25NO2. The second kappa shape index (κ2) is 8.49. The standard InChI is InChI=1S/C20H25NO2/c1-15(2)18(16-10-6-4-7-11-16)14-21-20(22)19(23-3)17-12-8-5-9-13-17/h4-13,15,18-19H,14H2,1-3H3,(H,21,22)/t18-,19-/m1/s1. The van der Waals surface area contributed by atoms with Gasteiger partial charge in [0.1, 0.15) is 0 Å². The molecule has 1 amide bonds. The Bertz CT molecular complexity index is 596. The van der Waals surface area contributed by atoms with Crippen molar-refractivity contribution >= 4 is 5.91 Å². The van der Waals surface area contributed by atoms with Crippen molar-refractivity contribution in [2.24, 2.45) is 5.92 Å². The Hall–Kier alpha value is -2.13. The topological polar surface area (TPSA) is 38.3 Å². The second-order valence-electron chi connectivity index (χ2n) is 6.03. The minimum Gasteiger partial charge on any atom is -0.367 e. The van der Waals surface area contributed by atoms with E-state index < -0.39 is 6.10 Å². The van der Waals surface area contributed by atoms with E-state index in [0.717, 1.165) is 5.56 Å². The van der Waals surface area contributed by atoms with Crippen LogP contribution >= 0.6 is 0 Å². The third kappa shape index (κ3) is 4.67. The number of hydrogen-bond acceptors (Lipinski definition) is 2. The monoisotopic (exact) mass is 311 g/mol. The molecule has 0 spiro atoms. The highest BCUT2D eigenvalue weighted by Crippen LogP contribution is 2.24. The zero-order chi connectivity index (χ0) is 16.7. The van der Waals surface area contributed by atoms with Crippen LogP contribution in [0.15, 0.2) is 60.7 Å². The molecule has 0 heterocycles. The molecule has 0 bridgehead atoms. The Morgan fingerprint density at radius 3 is 1.96 bits per heavy atom. The van der Waals surface area contributed by atoms with Crippen LogP contribution in [0.2, 0.25) is 0 Å². The van der Waals surface area contributed by atoms with Crippen molar-refractivity contribution in [2.75, 3.05) is 13.7 Å². The highest BCUT2D eigenvalue weighted by molar-refractivity contribution is 5.82. The fraction of sp³-hybridized carbons (Fsp3) is 0.350. The molecule has 0 aliphatic rings. The minimum atomic E-state index is -0.570. The first-order valence-corrected chi connectivity index (χ1v) is 8.04. The first-order valence-electron chi connectivity index (χ1n) is 8.04. The predicted molar refractivity (Wildman–Crippen MR) is 93.2 cm³/mol. The van der Waals surface area contributed by atoms with Crippen molar-refractivity contribution in [3.8, 4) is 0 Å². The first-order chi connectivity index (χ1) is 11.1. The fourth-order valence-electron chi connectivity index (χ4n) is 2.76. The summed E-state index contributed by atoms with van der Waals surface area (Å²) >= 11 is 0. The number of carbonyl (C=O) groups is 1. The van der Waals surface area contributed by atoms with E-state index in [1.165, 1.54) is 5.56 Å². The van der Waals surface area contributed by atoms with Crippen molar-refractivity contribution in [2.45, 2.75) is 25.9 Å². The summed E-state index contributed by atoms with van der Waals surface area (Å²) < 4.78 is 5.38. The molecule has 0 aromatic heterocycles. The van der Waals surface area contributed by atoms with Crippen LogP contribution in [0.25, 0.3) is 0 Å². The number of rotatable bonds is 7. The van der Waals surface area contributed by atoms with Crippen molar-refractivity contribution in [1.29, 1.82) is 0 Å². The van der Waals surface area contributed by atoms with Crippen LogP contribution in [0, 0.1) is 5.92 Å². The number of nitrogens with one attached hydrogen (secondary N) is 1. The highest BCUT2D eigenvalue weighted by Gasteiger charge is 2.22. The SMILES string of the molecule is CO[C@@H](C(=O)NC[C@@H](c1ccccc1)C(C)C)c1ccccc1. The Morgan fingerprint density at radius 2 is 1.48 bits per heavy atom. The van der Waals surface area contributed by atoms with E-state index in [1.807, 2.05) is 48.5 Å². The van der Waals surface area contributed by atoms with Crippen molar-refractivity contribution in [3.63, 3.8) is 0 Å². The van der Waals surface area contributed by atoms with Crippen LogP contribution in [0.5, 0.6) is 0 Å². The van der Waals surface area contributed by atoms with E-state index in [-0.39, 0.29) is 11.8 Å². The average molecular weight is 311 g/mol. The van der Waals surface area contributed by atoms with E-state index >= 15 is 0 Å². The van der Waals surface area contributed by atoms with Crippen LogP contribution in [0.4, 0.5) is 0 Å². The van der Waals surface area contributed by atoms with Crippen LogP contribution in [0.1, 0.15) is 37.0 Å². The van der Waals surface area contributed by atoms with Gasteiger partial charge in [0.05, 0.1) is 0 Å². The van der Waals surface area contributed by atoms with Gasteiger partial charge >= 0.3 is 0 Å². The molecule has 122 valence electrons. The zero-order valence-electron chi connectivity index (χ0n) is 14.0. The molecule has 2 atom stereocenters. The van der Waals surface area contributed by atoms with Gasteiger partial charge in [-0.05, 0) is 17.0 Å². The largest absolute Gasteiger partial charge is 0.367 e. The molecule has 0 radical (unpaired) electrons. The van der Waals surface area contributed by atoms with Gasteiger partial charge in [0, 0.05) is 19.6 Å². The molecule has 0 aliphatic heterocycles. The summed E-state index contributed by atoms with van der Waals surface area (Å²) in [6.45, 7) is 4.96. The molecule has 3 heteroatoms. The average Bonchev–Trinajstić information content (AvgIpc) is 2.57. The molecule has 1 N–H and O–H groups in total. The normalized spacial score (nSPS) is 13.6. The molecule has 0 saturated heterocycles. The molecular weight excluding hydrogens is 286 g/mol. The molecule has 3 nitrogen and oxygen atoms in total. The second-order valence-corrected chi connectivity index (χ2v) is 6.03. The van der Waals surface area contributed by atoms with Gasteiger partial charge in [-0.1, -0.05) is 74.5 Å². The maximum Gasteiger partial charge on any atom is 0.253 e. The molecule has 2 rings (SSSR count). The Balaban J connectivity index is 2.04. The molecule has 0 aliphatic carbocycles. The lowest BCUT2D eigenvalue weighted by atomic mass is 9.88. The third-order valence-corrected chi connectivity index (χ3v) is 4.10. The van der Waals surface area contributed by atoms with Crippen LogP contribution in [-0.2, 0) is 9.53 Å². The van der Waals surface area contributed by atoms with E-state index in [0.29, 0.717) is 12.5 Å². The van der Waals surface area contributed by atoms with Gasteiger partial charge in [-0.3, -0.25) is 4.79 Å². The van der Waals surface area contributed by atoms with E-state index in [2.05, 4.69) is 31.3 Å².